The van der Waals surface area contributed by atoms with Crippen LogP contribution in [0.3, 0.4) is 0 Å². The van der Waals surface area contributed by atoms with E-state index in [1.54, 1.807) is 23.3 Å². The van der Waals surface area contributed by atoms with Crippen LogP contribution in [0.2, 0.25) is 0 Å². The lowest BCUT2D eigenvalue weighted by molar-refractivity contribution is 0.166. The van der Waals surface area contributed by atoms with Crippen LogP contribution in [0.1, 0.15) is 35.2 Å². The Morgan fingerprint density at radius 1 is 1.33 bits per heavy atom. The van der Waals surface area contributed by atoms with E-state index in [4.69, 9.17) is 9.47 Å². The van der Waals surface area contributed by atoms with Gasteiger partial charge in [0.05, 0.1) is 12.2 Å². The Morgan fingerprint density at radius 3 is 2.89 bits per heavy atom. The highest BCUT2D eigenvalue weighted by Gasteiger charge is 2.15. The van der Waals surface area contributed by atoms with Crippen molar-refractivity contribution >= 4 is 17.4 Å². The molecule has 1 aromatic carbocycles. The molecular weight excluding hydrogens is 362 g/mol. The number of hydrogen-bond acceptors (Lipinski definition) is 5. The molecule has 0 aliphatic rings. The Kier molecular flexibility index (Phi) is 8.54. The highest BCUT2D eigenvalue weighted by Crippen LogP contribution is 2.22. The summed E-state index contributed by atoms with van der Waals surface area (Å²) in [7, 11) is 1.67. The number of ether oxygens (including phenoxy) is 2. The Bertz CT molecular complexity index is 733. The van der Waals surface area contributed by atoms with E-state index < -0.39 is 0 Å². The van der Waals surface area contributed by atoms with Gasteiger partial charge in [-0.1, -0.05) is 12.1 Å². The molecule has 0 spiro atoms. The number of thiazole rings is 1. The monoisotopic (exact) mass is 391 g/mol. The summed E-state index contributed by atoms with van der Waals surface area (Å²) < 4.78 is 11.0. The van der Waals surface area contributed by atoms with Crippen LogP contribution in [0, 0.1) is 13.8 Å². The van der Waals surface area contributed by atoms with Crippen molar-refractivity contribution in [1.82, 2.24) is 15.2 Å². The van der Waals surface area contributed by atoms with Gasteiger partial charge in [-0.3, -0.25) is 0 Å². The van der Waals surface area contributed by atoms with Crippen molar-refractivity contribution in [3.63, 3.8) is 0 Å². The summed E-state index contributed by atoms with van der Waals surface area (Å²) in [5, 5.41) is 5.75. The molecule has 1 aromatic heterocycles. The molecule has 27 heavy (non-hydrogen) atoms. The van der Waals surface area contributed by atoms with Crippen LogP contribution in [-0.2, 0) is 17.9 Å². The van der Waals surface area contributed by atoms with Crippen LogP contribution < -0.4 is 10.1 Å². The first-order valence-corrected chi connectivity index (χ1v) is 10.1. The van der Waals surface area contributed by atoms with Crippen molar-refractivity contribution < 1.29 is 14.3 Å². The van der Waals surface area contributed by atoms with Crippen molar-refractivity contribution in [1.29, 1.82) is 0 Å². The molecule has 0 saturated carbocycles. The number of benzene rings is 1. The van der Waals surface area contributed by atoms with Gasteiger partial charge in [0.15, 0.2) is 0 Å². The van der Waals surface area contributed by atoms with Gasteiger partial charge in [-0.25, -0.2) is 9.78 Å². The first kappa shape index (κ1) is 21.2. The lowest BCUT2D eigenvalue weighted by Crippen LogP contribution is -2.40. The van der Waals surface area contributed by atoms with Gasteiger partial charge >= 0.3 is 6.03 Å². The van der Waals surface area contributed by atoms with Crippen molar-refractivity contribution in [2.75, 3.05) is 26.8 Å². The van der Waals surface area contributed by atoms with E-state index in [2.05, 4.69) is 30.2 Å². The number of carbonyl (C=O) groups excluding carboxylic acids is 1. The van der Waals surface area contributed by atoms with E-state index in [1.165, 1.54) is 5.56 Å². The van der Waals surface area contributed by atoms with E-state index in [-0.39, 0.29) is 6.03 Å². The summed E-state index contributed by atoms with van der Waals surface area (Å²) in [5.74, 6) is 0.885. The highest BCUT2D eigenvalue weighted by atomic mass is 32.1. The molecule has 2 aromatic rings. The van der Waals surface area contributed by atoms with E-state index >= 15 is 0 Å². The summed E-state index contributed by atoms with van der Waals surface area (Å²) in [4.78, 5) is 18.7. The fraction of sp³-hybridized carbons (Fsp3) is 0.500. The zero-order chi connectivity index (χ0) is 19.6. The number of nitrogens with zero attached hydrogens (tertiary/aromatic N) is 2. The molecule has 2 rings (SSSR count). The molecule has 0 atom stereocenters. The molecule has 7 heteroatoms. The van der Waals surface area contributed by atoms with E-state index in [9.17, 15) is 4.79 Å². The van der Waals surface area contributed by atoms with Crippen LogP contribution in [0.25, 0.3) is 0 Å². The van der Waals surface area contributed by atoms with Crippen molar-refractivity contribution in [2.24, 2.45) is 0 Å². The Labute approximate surface area is 165 Å². The molecule has 0 saturated heterocycles. The second kappa shape index (κ2) is 10.9. The first-order valence-electron chi connectivity index (χ1n) is 9.19. The third kappa shape index (κ3) is 6.52. The van der Waals surface area contributed by atoms with Gasteiger partial charge in [0, 0.05) is 32.2 Å². The Morgan fingerprint density at radius 2 is 2.15 bits per heavy atom. The standard InChI is InChI=1S/C20H29N3O3S/c1-5-21-20(24)23(10-7-11-25-4)12-17-14-27-19(22-17)13-26-18-9-6-8-15(2)16(18)3/h6,8-9,14H,5,7,10-13H2,1-4H3,(H,21,24). The third-order valence-corrected chi connectivity index (χ3v) is 5.12. The van der Waals surface area contributed by atoms with Crippen molar-refractivity contribution in [3.8, 4) is 5.75 Å². The molecule has 6 nitrogen and oxygen atoms in total. The predicted octanol–water partition coefficient (Wildman–Crippen LogP) is 3.91. The lowest BCUT2D eigenvalue weighted by Gasteiger charge is -2.21. The molecule has 0 fully saturated rings. The summed E-state index contributed by atoms with van der Waals surface area (Å²) in [6, 6.07) is 5.97. The minimum absolute atomic E-state index is 0.0743. The number of methoxy groups -OCH3 is 1. The third-order valence-electron chi connectivity index (χ3n) is 4.25. The fourth-order valence-electron chi connectivity index (χ4n) is 2.62. The van der Waals surface area contributed by atoms with Gasteiger partial charge in [0.25, 0.3) is 0 Å². The highest BCUT2D eigenvalue weighted by molar-refractivity contribution is 7.09. The van der Waals surface area contributed by atoms with Crippen LogP contribution >= 0.6 is 11.3 Å². The molecule has 1 N–H and O–H groups in total. The average Bonchev–Trinajstić information content (AvgIpc) is 3.10. The molecule has 148 valence electrons. The molecule has 2 amide bonds. The van der Waals surface area contributed by atoms with Crippen LogP contribution in [0.15, 0.2) is 23.6 Å². The summed E-state index contributed by atoms with van der Waals surface area (Å²) >= 11 is 1.56. The summed E-state index contributed by atoms with van der Waals surface area (Å²) in [5.41, 5.74) is 3.24. The minimum atomic E-state index is -0.0743. The number of carbonyl (C=O) groups is 1. The van der Waals surface area contributed by atoms with Crippen molar-refractivity contribution in [3.05, 3.63) is 45.4 Å². The van der Waals surface area contributed by atoms with Gasteiger partial charge in [-0.05, 0) is 44.4 Å². The van der Waals surface area contributed by atoms with Gasteiger partial charge < -0.3 is 19.7 Å². The topological polar surface area (TPSA) is 63.7 Å². The lowest BCUT2D eigenvalue weighted by atomic mass is 10.1. The second-order valence-corrected chi connectivity index (χ2v) is 7.27. The minimum Gasteiger partial charge on any atom is -0.486 e. The molecule has 0 aliphatic carbocycles. The normalized spacial score (nSPS) is 10.7. The Balaban J connectivity index is 1.95. The number of hydrogen-bond donors (Lipinski definition) is 1. The number of nitrogens with one attached hydrogen (secondary N) is 1. The number of aromatic nitrogens is 1. The van der Waals surface area contributed by atoms with E-state index in [0.29, 0.717) is 32.8 Å². The fourth-order valence-corrected chi connectivity index (χ4v) is 3.31. The molecular formula is C20H29N3O3S. The Hall–Kier alpha value is -2.12. The molecule has 1 heterocycles. The van der Waals surface area contributed by atoms with Crippen LogP contribution in [0.5, 0.6) is 5.75 Å². The quantitative estimate of drug-likeness (QED) is 0.624. The summed E-state index contributed by atoms with van der Waals surface area (Å²) in [6.45, 7) is 8.82. The zero-order valence-corrected chi connectivity index (χ0v) is 17.4. The summed E-state index contributed by atoms with van der Waals surface area (Å²) in [6.07, 6.45) is 0.792. The average molecular weight is 392 g/mol. The van der Waals surface area contributed by atoms with Crippen molar-refractivity contribution in [2.45, 2.75) is 40.3 Å². The van der Waals surface area contributed by atoms with Crippen LogP contribution in [-0.4, -0.2) is 42.7 Å². The predicted molar refractivity (Wildman–Crippen MR) is 108 cm³/mol. The number of rotatable bonds is 10. The van der Waals surface area contributed by atoms with Gasteiger partial charge in [0.2, 0.25) is 0 Å². The SMILES string of the molecule is CCNC(=O)N(CCCOC)Cc1csc(COc2cccc(C)c2C)n1. The maximum Gasteiger partial charge on any atom is 0.317 e. The van der Waals surface area contributed by atoms with E-state index in [0.717, 1.165) is 28.4 Å². The first-order chi connectivity index (χ1) is 13.0. The maximum absolute atomic E-state index is 12.3. The molecule has 0 bridgehead atoms. The number of amides is 2. The number of aryl methyl sites for hydroxylation is 1. The van der Waals surface area contributed by atoms with Gasteiger partial charge in [0.1, 0.15) is 17.4 Å². The zero-order valence-electron chi connectivity index (χ0n) is 16.6. The van der Waals surface area contributed by atoms with E-state index in [1.807, 2.05) is 24.4 Å². The molecule has 0 unspecified atom stereocenters. The number of urea groups is 1. The van der Waals surface area contributed by atoms with Crippen LogP contribution in [0.4, 0.5) is 4.79 Å². The molecule has 0 aliphatic heterocycles. The van der Waals surface area contributed by atoms with Gasteiger partial charge in [-0.2, -0.15) is 0 Å². The largest absolute Gasteiger partial charge is 0.486 e. The second-order valence-electron chi connectivity index (χ2n) is 6.32. The smallest absolute Gasteiger partial charge is 0.317 e. The maximum atomic E-state index is 12.3. The van der Waals surface area contributed by atoms with Gasteiger partial charge in [-0.15, -0.1) is 11.3 Å². The molecule has 0 radical (unpaired) electrons.